The Kier molecular flexibility index (Phi) is 6.50. The molecule has 2 heteroatoms. The van der Waals surface area contributed by atoms with Crippen LogP contribution < -0.4 is 5.73 Å². The van der Waals surface area contributed by atoms with Gasteiger partial charge >= 0.3 is 0 Å². The maximum absolute atomic E-state index is 5.76. The lowest BCUT2D eigenvalue weighted by atomic mass is 9.87. The zero-order valence-electron chi connectivity index (χ0n) is 12.2. The van der Waals surface area contributed by atoms with Crippen LogP contribution in [0.1, 0.15) is 65.7 Å². The maximum atomic E-state index is 5.76. The minimum atomic E-state index is 0.339. The zero-order valence-corrected chi connectivity index (χ0v) is 12.2. The molecule has 1 saturated heterocycles. The third-order valence-corrected chi connectivity index (χ3v) is 4.32. The summed E-state index contributed by atoms with van der Waals surface area (Å²) in [5.41, 5.74) is 6.10. The number of hydrogen-bond donors (Lipinski definition) is 1. The fourth-order valence-corrected chi connectivity index (χ4v) is 2.84. The Morgan fingerprint density at radius 2 is 2.00 bits per heavy atom. The number of nitrogens with zero attached hydrogens (tertiary/aromatic N) is 1. The van der Waals surface area contributed by atoms with Crippen molar-refractivity contribution >= 4 is 0 Å². The molecule has 1 rings (SSSR count). The van der Waals surface area contributed by atoms with Gasteiger partial charge in [-0.05, 0) is 57.2 Å². The summed E-state index contributed by atoms with van der Waals surface area (Å²) < 4.78 is 0. The van der Waals surface area contributed by atoms with Crippen molar-refractivity contribution in [2.24, 2.45) is 11.1 Å². The Morgan fingerprint density at radius 3 is 2.65 bits per heavy atom. The van der Waals surface area contributed by atoms with Gasteiger partial charge in [-0.3, -0.25) is 0 Å². The van der Waals surface area contributed by atoms with Crippen molar-refractivity contribution in [3.63, 3.8) is 0 Å². The maximum Gasteiger partial charge on any atom is 0.00926 e. The second-order valence-electron chi connectivity index (χ2n) is 6.42. The van der Waals surface area contributed by atoms with Crippen LogP contribution >= 0.6 is 0 Å². The summed E-state index contributed by atoms with van der Waals surface area (Å²) in [5, 5.41) is 0. The van der Waals surface area contributed by atoms with Gasteiger partial charge in [-0.25, -0.2) is 0 Å². The van der Waals surface area contributed by atoms with Gasteiger partial charge in [0.25, 0.3) is 0 Å². The van der Waals surface area contributed by atoms with E-state index < -0.39 is 0 Å². The van der Waals surface area contributed by atoms with Gasteiger partial charge in [0.15, 0.2) is 0 Å². The van der Waals surface area contributed by atoms with Gasteiger partial charge in [0.05, 0.1) is 0 Å². The zero-order chi connectivity index (χ0) is 12.7. The molecule has 0 bridgehead atoms. The number of hydrogen-bond acceptors (Lipinski definition) is 2. The van der Waals surface area contributed by atoms with Crippen LogP contribution in [0.5, 0.6) is 0 Å². The monoisotopic (exact) mass is 240 g/mol. The first kappa shape index (κ1) is 15.0. The Balaban J connectivity index is 2.16. The van der Waals surface area contributed by atoms with Gasteiger partial charge in [0.1, 0.15) is 0 Å². The molecule has 2 N–H and O–H groups in total. The first-order valence-electron chi connectivity index (χ1n) is 7.53. The lowest BCUT2D eigenvalue weighted by Crippen LogP contribution is -2.39. The first-order chi connectivity index (χ1) is 8.09. The third kappa shape index (κ3) is 5.39. The molecule has 0 aliphatic carbocycles. The largest absolute Gasteiger partial charge is 0.330 e. The summed E-state index contributed by atoms with van der Waals surface area (Å²) in [4.78, 5) is 2.72. The molecule has 0 spiro atoms. The van der Waals surface area contributed by atoms with Crippen LogP contribution in [0.15, 0.2) is 0 Å². The Labute approximate surface area is 108 Å². The standard InChI is InChI=1S/C15H32N2/c1-4-14-9-5-7-11-17(14)12-8-6-10-15(2,3)13-16/h14H,4-13,16H2,1-3H3. The van der Waals surface area contributed by atoms with E-state index in [0.717, 1.165) is 12.6 Å². The van der Waals surface area contributed by atoms with E-state index in [1.807, 2.05) is 0 Å². The number of nitrogens with two attached hydrogens (primary N) is 1. The van der Waals surface area contributed by atoms with E-state index in [0.29, 0.717) is 5.41 Å². The summed E-state index contributed by atoms with van der Waals surface area (Å²) in [6, 6.07) is 0.867. The van der Waals surface area contributed by atoms with E-state index in [1.165, 1.54) is 58.0 Å². The van der Waals surface area contributed by atoms with Gasteiger partial charge in [-0.1, -0.05) is 33.6 Å². The lowest BCUT2D eigenvalue weighted by Gasteiger charge is -2.35. The topological polar surface area (TPSA) is 29.3 Å². The minimum Gasteiger partial charge on any atom is -0.330 e. The van der Waals surface area contributed by atoms with Crippen molar-refractivity contribution in [1.82, 2.24) is 4.90 Å². The molecule has 1 aliphatic rings. The molecule has 0 aromatic heterocycles. The van der Waals surface area contributed by atoms with Gasteiger partial charge < -0.3 is 10.6 Å². The quantitative estimate of drug-likeness (QED) is 0.691. The van der Waals surface area contributed by atoms with E-state index in [9.17, 15) is 0 Å². The Hall–Kier alpha value is -0.0800. The van der Waals surface area contributed by atoms with Crippen LogP contribution in [-0.4, -0.2) is 30.6 Å². The second kappa shape index (κ2) is 7.38. The SMILES string of the molecule is CCC1CCCCN1CCCCC(C)(C)CN. The van der Waals surface area contributed by atoms with Crippen LogP contribution in [0.3, 0.4) is 0 Å². The highest BCUT2D eigenvalue weighted by Crippen LogP contribution is 2.23. The Bertz CT molecular complexity index is 201. The van der Waals surface area contributed by atoms with Crippen LogP contribution in [0.2, 0.25) is 0 Å². The lowest BCUT2D eigenvalue weighted by molar-refractivity contribution is 0.139. The average Bonchev–Trinajstić information content (AvgIpc) is 2.35. The van der Waals surface area contributed by atoms with Crippen LogP contribution in [-0.2, 0) is 0 Å². The minimum absolute atomic E-state index is 0.339. The highest BCUT2D eigenvalue weighted by atomic mass is 15.2. The molecule has 0 aromatic carbocycles. The fraction of sp³-hybridized carbons (Fsp3) is 1.00. The van der Waals surface area contributed by atoms with E-state index in [-0.39, 0.29) is 0 Å². The highest BCUT2D eigenvalue weighted by Gasteiger charge is 2.20. The summed E-state index contributed by atoms with van der Waals surface area (Å²) >= 11 is 0. The number of piperidine rings is 1. The van der Waals surface area contributed by atoms with Crippen LogP contribution in [0.25, 0.3) is 0 Å². The molecule has 0 amide bonds. The van der Waals surface area contributed by atoms with Crippen molar-refractivity contribution in [2.75, 3.05) is 19.6 Å². The molecule has 17 heavy (non-hydrogen) atoms. The summed E-state index contributed by atoms with van der Waals surface area (Å²) in [7, 11) is 0. The number of likely N-dealkylation sites (tertiary alicyclic amines) is 1. The second-order valence-corrected chi connectivity index (χ2v) is 6.42. The highest BCUT2D eigenvalue weighted by molar-refractivity contribution is 4.76. The van der Waals surface area contributed by atoms with E-state index in [4.69, 9.17) is 5.73 Å². The van der Waals surface area contributed by atoms with Gasteiger partial charge in [0, 0.05) is 6.04 Å². The Morgan fingerprint density at radius 1 is 1.24 bits per heavy atom. The van der Waals surface area contributed by atoms with Crippen LogP contribution in [0, 0.1) is 5.41 Å². The van der Waals surface area contributed by atoms with Crippen molar-refractivity contribution in [3.8, 4) is 0 Å². The predicted octanol–water partition coefficient (Wildman–Crippen LogP) is 3.41. The molecule has 1 heterocycles. The normalized spacial score (nSPS) is 22.9. The summed E-state index contributed by atoms with van der Waals surface area (Å²) in [6.07, 6.45) is 9.55. The van der Waals surface area contributed by atoms with E-state index >= 15 is 0 Å². The van der Waals surface area contributed by atoms with Gasteiger partial charge in [-0.15, -0.1) is 0 Å². The van der Waals surface area contributed by atoms with Crippen molar-refractivity contribution < 1.29 is 0 Å². The van der Waals surface area contributed by atoms with E-state index in [2.05, 4.69) is 25.7 Å². The van der Waals surface area contributed by atoms with Gasteiger partial charge in [-0.2, -0.15) is 0 Å². The molecule has 2 nitrogen and oxygen atoms in total. The predicted molar refractivity (Wildman–Crippen MR) is 76.2 cm³/mol. The third-order valence-electron chi connectivity index (χ3n) is 4.32. The fourth-order valence-electron chi connectivity index (χ4n) is 2.84. The molecule has 1 fully saturated rings. The van der Waals surface area contributed by atoms with Gasteiger partial charge in [0.2, 0.25) is 0 Å². The number of unbranched alkanes of at least 4 members (excludes halogenated alkanes) is 1. The molecule has 0 saturated carbocycles. The average molecular weight is 240 g/mol. The molecule has 1 aliphatic heterocycles. The number of rotatable bonds is 7. The summed E-state index contributed by atoms with van der Waals surface area (Å²) in [5.74, 6) is 0. The molecule has 1 atom stereocenters. The van der Waals surface area contributed by atoms with E-state index in [1.54, 1.807) is 0 Å². The molecular formula is C15H32N2. The molecule has 0 aromatic rings. The van der Waals surface area contributed by atoms with Crippen molar-refractivity contribution in [1.29, 1.82) is 0 Å². The summed E-state index contributed by atoms with van der Waals surface area (Å²) in [6.45, 7) is 10.3. The molecule has 102 valence electrons. The molecule has 1 unspecified atom stereocenters. The van der Waals surface area contributed by atoms with Crippen molar-refractivity contribution in [3.05, 3.63) is 0 Å². The first-order valence-corrected chi connectivity index (χ1v) is 7.53. The molecular weight excluding hydrogens is 208 g/mol. The van der Waals surface area contributed by atoms with Crippen LogP contribution in [0.4, 0.5) is 0 Å². The smallest absolute Gasteiger partial charge is 0.00926 e. The van der Waals surface area contributed by atoms with Crippen molar-refractivity contribution in [2.45, 2.75) is 71.8 Å². The molecule has 0 radical (unpaired) electrons.